The first-order valence-electron chi connectivity index (χ1n) is 9.47. The lowest BCUT2D eigenvalue weighted by Crippen LogP contribution is -2.41. The van der Waals surface area contributed by atoms with Crippen molar-refractivity contribution in [2.75, 3.05) is 32.8 Å². The standard InChI is InChI=1S/C20H31N3O2/c1-4-21-19(23-11-9-20(14-23)10-12-24-15-20)22-13-17-5-7-18(8-6-17)25-16(2)3/h5-8,16H,4,9-15H2,1-3H3,(H,21,22). The molecule has 1 N–H and O–H groups in total. The summed E-state index contributed by atoms with van der Waals surface area (Å²) in [5, 5.41) is 3.45. The molecular formula is C20H31N3O2. The highest BCUT2D eigenvalue weighted by Gasteiger charge is 2.42. The lowest BCUT2D eigenvalue weighted by molar-refractivity contribution is 0.156. The Morgan fingerprint density at radius 3 is 2.76 bits per heavy atom. The van der Waals surface area contributed by atoms with Gasteiger partial charge in [-0.25, -0.2) is 4.99 Å². The Morgan fingerprint density at radius 2 is 2.12 bits per heavy atom. The average molecular weight is 345 g/mol. The molecule has 1 aromatic rings. The molecular weight excluding hydrogens is 314 g/mol. The summed E-state index contributed by atoms with van der Waals surface area (Å²) in [5.74, 6) is 1.94. The van der Waals surface area contributed by atoms with Crippen LogP contribution in [-0.2, 0) is 11.3 Å². The number of ether oxygens (including phenoxy) is 2. The van der Waals surface area contributed by atoms with Gasteiger partial charge in [-0.3, -0.25) is 0 Å². The van der Waals surface area contributed by atoms with Gasteiger partial charge in [0.15, 0.2) is 5.96 Å². The molecule has 138 valence electrons. The van der Waals surface area contributed by atoms with Crippen molar-refractivity contribution in [3.05, 3.63) is 29.8 Å². The molecule has 0 amide bonds. The van der Waals surface area contributed by atoms with Crippen LogP contribution >= 0.6 is 0 Å². The Balaban J connectivity index is 1.62. The van der Waals surface area contributed by atoms with Crippen molar-refractivity contribution in [2.24, 2.45) is 10.4 Å². The van der Waals surface area contributed by atoms with Gasteiger partial charge in [-0.05, 0) is 51.3 Å². The molecule has 2 fully saturated rings. The lowest BCUT2D eigenvalue weighted by Gasteiger charge is -2.25. The summed E-state index contributed by atoms with van der Waals surface area (Å²) in [6.45, 7) is 11.7. The second-order valence-electron chi connectivity index (χ2n) is 7.45. The Morgan fingerprint density at radius 1 is 1.32 bits per heavy atom. The molecule has 0 aliphatic carbocycles. The van der Waals surface area contributed by atoms with Crippen LogP contribution in [0, 0.1) is 5.41 Å². The zero-order chi connectivity index (χ0) is 17.7. The number of guanidine groups is 1. The molecule has 1 aromatic carbocycles. The van der Waals surface area contributed by atoms with Crippen LogP contribution in [0.4, 0.5) is 0 Å². The van der Waals surface area contributed by atoms with Crippen LogP contribution in [0.15, 0.2) is 29.3 Å². The van der Waals surface area contributed by atoms with Crippen LogP contribution in [0.25, 0.3) is 0 Å². The topological polar surface area (TPSA) is 46.1 Å². The number of aliphatic imine (C=N–C) groups is 1. The molecule has 0 radical (unpaired) electrons. The van der Waals surface area contributed by atoms with Crippen molar-refractivity contribution in [3.8, 4) is 5.75 Å². The van der Waals surface area contributed by atoms with Crippen molar-refractivity contribution < 1.29 is 9.47 Å². The largest absolute Gasteiger partial charge is 0.491 e. The molecule has 2 saturated heterocycles. The van der Waals surface area contributed by atoms with Gasteiger partial charge in [0.1, 0.15) is 5.75 Å². The van der Waals surface area contributed by atoms with E-state index in [2.05, 4.69) is 29.3 Å². The van der Waals surface area contributed by atoms with Crippen molar-refractivity contribution in [3.63, 3.8) is 0 Å². The first-order valence-corrected chi connectivity index (χ1v) is 9.47. The molecule has 3 rings (SSSR count). The highest BCUT2D eigenvalue weighted by molar-refractivity contribution is 5.80. The smallest absolute Gasteiger partial charge is 0.194 e. The van der Waals surface area contributed by atoms with E-state index in [-0.39, 0.29) is 6.10 Å². The Labute approximate surface area is 151 Å². The van der Waals surface area contributed by atoms with Gasteiger partial charge >= 0.3 is 0 Å². The quantitative estimate of drug-likeness (QED) is 0.658. The van der Waals surface area contributed by atoms with E-state index in [1.165, 1.54) is 18.4 Å². The summed E-state index contributed by atoms with van der Waals surface area (Å²) < 4.78 is 11.3. The Bertz CT molecular complexity index is 577. The number of hydrogen-bond donors (Lipinski definition) is 1. The zero-order valence-electron chi connectivity index (χ0n) is 15.8. The minimum atomic E-state index is 0.200. The monoisotopic (exact) mass is 345 g/mol. The first-order chi connectivity index (χ1) is 12.1. The third-order valence-electron chi connectivity index (χ3n) is 4.96. The van der Waals surface area contributed by atoms with Gasteiger partial charge in [0.25, 0.3) is 0 Å². The van der Waals surface area contributed by atoms with Crippen LogP contribution in [0.5, 0.6) is 5.75 Å². The molecule has 2 aliphatic heterocycles. The molecule has 1 atom stereocenters. The summed E-state index contributed by atoms with van der Waals surface area (Å²) >= 11 is 0. The molecule has 25 heavy (non-hydrogen) atoms. The maximum absolute atomic E-state index is 5.70. The fourth-order valence-corrected chi connectivity index (χ4v) is 3.62. The van der Waals surface area contributed by atoms with Gasteiger partial charge in [-0.15, -0.1) is 0 Å². The van der Waals surface area contributed by atoms with Crippen LogP contribution in [0.3, 0.4) is 0 Å². The van der Waals surface area contributed by atoms with E-state index in [0.29, 0.717) is 12.0 Å². The van der Waals surface area contributed by atoms with Crippen molar-refractivity contribution in [1.29, 1.82) is 0 Å². The van der Waals surface area contributed by atoms with E-state index < -0.39 is 0 Å². The van der Waals surface area contributed by atoms with Gasteiger partial charge in [0.05, 0.1) is 19.3 Å². The normalized spacial score (nSPS) is 23.7. The van der Waals surface area contributed by atoms with E-state index in [1.807, 2.05) is 26.0 Å². The lowest BCUT2D eigenvalue weighted by atomic mass is 9.87. The average Bonchev–Trinajstić information content (AvgIpc) is 3.23. The third-order valence-corrected chi connectivity index (χ3v) is 4.96. The Kier molecular flexibility index (Phi) is 5.84. The predicted molar refractivity (Wildman–Crippen MR) is 101 cm³/mol. The second-order valence-corrected chi connectivity index (χ2v) is 7.45. The molecule has 1 unspecified atom stereocenters. The first kappa shape index (κ1) is 18.1. The van der Waals surface area contributed by atoms with Crippen LogP contribution < -0.4 is 10.1 Å². The maximum Gasteiger partial charge on any atom is 0.194 e. The third kappa shape index (κ3) is 4.66. The van der Waals surface area contributed by atoms with E-state index in [9.17, 15) is 0 Å². The van der Waals surface area contributed by atoms with Crippen LogP contribution in [-0.4, -0.2) is 49.8 Å². The number of rotatable bonds is 5. The number of nitrogens with one attached hydrogen (secondary N) is 1. The van der Waals surface area contributed by atoms with Crippen molar-refractivity contribution in [2.45, 2.75) is 46.3 Å². The van der Waals surface area contributed by atoms with Gasteiger partial charge in [0.2, 0.25) is 0 Å². The van der Waals surface area contributed by atoms with Gasteiger partial charge in [0, 0.05) is 31.7 Å². The number of likely N-dealkylation sites (tertiary alicyclic amines) is 1. The van der Waals surface area contributed by atoms with Crippen LogP contribution in [0.1, 0.15) is 39.2 Å². The molecule has 1 spiro atoms. The molecule has 5 nitrogen and oxygen atoms in total. The fourth-order valence-electron chi connectivity index (χ4n) is 3.62. The van der Waals surface area contributed by atoms with Gasteiger partial charge < -0.3 is 19.7 Å². The number of benzene rings is 1. The molecule has 2 aliphatic rings. The molecule has 5 heteroatoms. The maximum atomic E-state index is 5.70. The summed E-state index contributed by atoms with van der Waals surface area (Å²) in [6, 6.07) is 8.25. The van der Waals surface area contributed by atoms with Gasteiger partial charge in [-0.1, -0.05) is 12.1 Å². The number of nitrogens with zero attached hydrogens (tertiary/aromatic N) is 2. The summed E-state index contributed by atoms with van der Waals surface area (Å²) in [4.78, 5) is 7.26. The van der Waals surface area contributed by atoms with E-state index >= 15 is 0 Å². The predicted octanol–water partition coefficient (Wildman–Crippen LogP) is 3.05. The molecule has 0 saturated carbocycles. The van der Waals surface area contributed by atoms with Crippen molar-refractivity contribution >= 4 is 5.96 Å². The van der Waals surface area contributed by atoms with E-state index in [4.69, 9.17) is 14.5 Å². The number of hydrogen-bond acceptors (Lipinski definition) is 3. The van der Waals surface area contributed by atoms with Crippen molar-refractivity contribution in [1.82, 2.24) is 10.2 Å². The fraction of sp³-hybridized carbons (Fsp3) is 0.650. The highest BCUT2D eigenvalue weighted by atomic mass is 16.5. The molecule has 2 heterocycles. The zero-order valence-corrected chi connectivity index (χ0v) is 15.8. The Hall–Kier alpha value is -1.75. The minimum Gasteiger partial charge on any atom is -0.491 e. The summed E-state index contributed by atoms with van der Waals surface area (Å²) in [6.07, 6.45) is 2.59. The van der Waals surface area contributed by atoms with E-state index in [1.54, 1.807) is 0 Å². The van der Waals surface area contributed by atoms with Gasteiger partial charge in [-0.2, -0.15) is 0 Å². The second kappa shape index (κ2) is 8.09. The molecule has 0 aromatic heterocycles. The highest BCUT2D eigenvalue weighted by Crippen LogP contribution is 2.38. The molecule has 0 bridgehead atoms. The SMILES string of the molecule is CCNC(=NCc1ccc(OC(C)C)cc1)N1CCC2(CCOC2)C1. The minimum absolute atomic E-state index is 0.200. The summed E-state index contributed by atoms with van der Waals surface area (Å²) in [5.41, 5.74) is 1.55. The summed E-state index contributed by atoms with van der Waals surface area (Å²) in [7, 11) is 0. The van der Waals surface area contributed by atoms with Crippen LogP contribution in [0.2, 0.25) is 0 Å². The van der Waals surface area contributed by atoms with E-state index in [0.717, 1.165) is 44.6 Å².